The van der Waals surface area contributed by atoms with E-state index < -0.39 is 14.4 Å². The topological polar surface area (TPSA) is 29.5 Å². The lowest BCUT2D eigenvalue weighted by atomic mass is 9.44. The molecule has 0 saturated heterocycles. The van der Waals surface area contributed by atoms with E-state index in [9.17, 15) is 5.11 Å². The Bertz CT molecular complexity index is 1210. The van der Waals surface area contributed by atoms with Crippen LogP contribution in [0.3, 0.4) is 0 Å². The highest BCUT2D eigenvalue weighted by Gasteiger charge is 2.61. The van der Waals surface area contributed by atoms with E-state index in [4.69, 9.17) is 10.8 Å². The fourth-order valence-electron chi connectivity index (χ4n) is 10.9. The van der Waals surface area contributed by atoms with Crippen molar-refractivity contribution in [2.45, 2.75) is 110 Å². The summed E-state index contributed by atoms with van der Waals surface area (Å²) in [4.78, 5) is 0. The van der Waals surface area contributed by atoms with Crippen LogP contribution >= 0.6 is 0 Å². The van der Waals surface area contributed by atoms with Crippen LogP contribution in [0.25, 0.3) is 0 Å². The molecule has 4 aliphatic carbocycles. The van der Waals surface area contributed by atoms with Crippen LogP contribution in [-0.2, 0) is 4.43 Å². The molecule has 220 valence electrons. The zero-order chi connectivity index (χ0) is 29.0. The molecule has 0 aliphatic heterocycles. The van der Waals surface area contributed by atoms with E-state index in [1.807, 2.05) is 0 Å². The first-order valence-corrected chi connectivity index (χ1v) is 18.4. The fourth-order valence-corrected chi connectivity index (χ4v) is 15.7. The van der Waals surface area contributed by atoms with Crippen molar-refractivity contribution in [3.8, 4) is 12.3 Å². The lowest BCUT2D eigenvalue weighted by Crippen LogP contribution is -2.68. The Morgan fingerprint density at radius 3 is 2.00 bits per heavy atom. The van der Waals surface area contributed by atoms with Gasteiger partial charge in [0.1, 0.15) is 6.10 Å². The predicted molar refractivity (Wildman–Crippen MR) is 173 cm³/mol. The number of terminal acetylenes is 1. The lowest BCUT2D eigenvalue weighted by Gasteiger charge is -2.61. The van der Waals surface area contributed by atoms with Crippen molar-refractivity contribution in [2.75, 3.05) is 0 Å². The summed E-state index contributed by atoms with van der Waals surface area (Å²) < 4.78 is 7.68. The Kier molecular flexibility index (Phi) is 7.62. The van der Waals surface area contributed by atoms with Gasteiger partial charge in [-0.15, -0.1) is 6.42 Å². The number of aliphatic hydroxyl groups is 1. The van der Waals surface area contributed by atoms with Crippen molar-refractivity contribution in [3.63, 3.8) is 0 Å². The summed E-state index contributed by atoms with van der Waals surface area (Å²) in [6.45, 7) is 12.3. The summed E-state index contributed by atoms with van der Waals surface area (Å²) in [5.74, 6) is 6.02. The third-order valence-corrected chi connectivity index (χ3v) is 18.1. The van der Waals surface area contributed by atoms with Gasteiger partial charge in [-0.2, -0.15) is 0 Å². The van der Waals surface area contributed by atoms with Crippen molar-refractivity contribution in [3.05, 3.63) is 60.7 Å². The Labute approximate surface area is 250 Å². The Balaban J connectivity index is 1.26. The molecule has 4 unspecified atom stereocenters. The summed E-state index contributed by atoms with van der Waals surface area (Å²) in [7, 11) is -2.54. The number of aliphatic hydroxyl groups excluding tert-OH is 1. The van der Waals surface area contributed by atoms with Crippen LogP contribution in [0.4, 0.5) is 0 Å². The van der Waals surface area contributed by atoms with Gasteiger partial charge in [-0.05, 0) is 108 Å². The zero-order valence-corrected chi connectivity index (χ0v) is 27.1. The van der Waals surface area contributed by atoms with E-state index in [-0.39, 0.29) is 16.4 Å². The fraction of sp³-hybridized carbons (Fsp3) is 0.632. The molecule has 2 aromatic carbocycles. The van der Waals surface area contributed by atoms with Crippen LogP contribution in [-0.4, -0.2) is 25.6 Å². The average molecular weight is 569 g/mol. The second-order valence-corrected chi connectivity index (χ2v) is 19.9. The molecule has 41 heavy (non-hydrogen) atoms. The molecule has 0 aromatic heterocycles. The number of benzene rings is 2. The van der Waals surface area contributed by atoms with Crippen LogP contribution in [0, 0.1) is 52.8 Å². The van der Waals surface area contributed by atoms with Crippen molar-refractivity contribution >= 4 is 18.7 Å². The molecule has 1 N–H and O–H groups in total. The minimum atomic E-state index is -2.54. The van der Waals surface area contributed by atoms with Gasteiger partial charge in [-0.1, -0.05) is 101 Å². The van der Waals surface area contributed by atoms with Gasteiger partial charge >= 0.3 is 0 Å². The van der Waals surface area contributed by atoms with Crippen LogP contribution < -0.4 is 10.4 Å². The average Bonchev–Trinajstić information content (AvgIpc) is 3.33. The van der Waals surface area contributed by atoms with Crippen molar-refractivity contribution in [1.82, 2.24) is 0 Å². The molecule has 2 nitrogen and oxygen atoms in total. The Morgan fingerprint density at radius 1 is 0.829 bits per heavy atom. The molecule has 4 aliphatic rings. The van der Waals surface area contributed by atoms with E-state index in [2.05, 4.69) is 101 Å². The maximum atomic E-state index is 10.7. The largest absolute Gasteiger partial charge is 0.404 e. The molecule has 4 fully saturated rings. The van der Waals surface area contributed by atoms with Gasteiger partial charge in [0, 0.05) is 12.0 Å². The molecule has 0 heterocycles. The molecule has 4 saturated carbocycles. The van der Waals surface area contributed by atoms with Gasteiger partial charge in [0.25, 0.3) is 8.32 Å². The van der Waals surface area contributed by atoms with E-state index in [1.165, 1.54) is 61.7 Å². The molecule has 6 rings (SSSR count). The molecular formula is C38H52O2Si. The van der Waals surface area contributed by atoms with Crippen LogP contribution in [0.1, 0.15) is 92.4 Å². The summed E-state index contributed by atoms with van der Waals surface area (Å²) in [5.41, 5.74) is 0.609. The first kappa shape index (κ1) is 29.2. The number of rotatable bonds is 5. The van der Waals surface area contributed by atoms with Crippen LogP contribution in [0.5, 0.6) is 0 Å². The Hall–Kier alpha value is -1.86. The number of fused-ring (bicyclic) bond motifs is 5. The predicted octanol–water partition coefficient (Wildman–Crippen LogP) is 7.58. The highest BCUT2D eigenvalue weighted by Crippen LogP contribution is 2.68. The van der Waals surface area contributed by atoms with E-state index >= 15 is 0 Å². The second kappa shape index (κ2) is 10.7. The molecule has 0 spiro atoms. The normalized spacial score (nSPS) is 37.8. The quantitative estimate of drug-likeness (QED) is 0.298. The van der Waals surface area contributed by atoms with Gasteiger partial charge < -0.3 is 9.53 Å². The highest BCUT2D eigenvalue weighted by atomic mass is 28.4. The standard InChI is InChI=1S/C38H52O2Si/c1-7-35(39)34-21-20-32-31-19-18-27-26-28(22-24-37(27,5)33(31)23-25-38(32,34)6)40-41(36(2,3)4,29-14-10-8-11-15-29)30-16-12-9-13-17-30/h1,8-17,27-28,31-35,39H,18-26H2,2-6H3/t27?,28?,31-,32-,33+,34?,35?,37-,38-/m0/s1. The first-order chi connectivity index (χ1) is 19.5. The summed E-state index contributed by atoms with van der Waals surface area (Å²) in [5, 5.41) is 13.5. The number of hydrogen-bond acceptors (Lipinski definition) is 2. The van der Waals surface area contributed by atoms with E-state index in [0.717, 1.165) is 30.1 Å². The smallest absolute Gasteiger partial charge is 0.261 e. The SMILES string of the molecule is C#CC(O)C1CC[C@H]2[C@@H]3CCC4CC(O[Si](c5ccccc5)(c5ccccc5)C(C)(C)C)CC[C@]4(C)[C@@H]3CC[C@]12C. The van der Waals surface area contributed by atoms with Crippen LogP contribution in [0.15, 0.2) is 60.7 Å². The van der Waals surface area contributed by atoms with E-state index in [1.54, 1.807) is 0 Å². The highest BCUT2D eigenvalue weighted by molar-refractivity contribution is 6.99. The molecule has 3 heteroatoms. The van der Waals surface area contributed by atoms with Gasteiger partial charge in [0.05, 0.1) is 0 Å². The molecule has 9 atom stereocenters. The monoisotopic (exact) mass is 568 g/mol. The van der Waals surface area contributed by atoms with Crippen molar-refractivity contribution < 1.29 is 9.53 Å². The zero-order valence-electron chi connectivity index (χ0n) is 26.1. The molecule has 0 radical (unpaired) electrons. The minimum absolute atomic E-state index is 0.0178. The summed E-state index contributed by atoms with van der Waals surface area (Å²) >= 11 is 0. The van der Waals surface area contributed by atoms with Gasteiger partial charge in [-0.3, -0.25) is 0 Å². The maximum Gasteiger partial charge on any atom is 0.261 e. The molecule has 0 amide bonds. The molecule has 2 aromatic rings. The second-order valence-electron chi connectivity index (χ2n) is 15.7. The first-order valence-electron chi connectivity index (χ1n) is 16.5. The summed E-state index contributed by atoms with van der Waals surface area (Å²) in [6, 6.07) is 22.4. The molecular weight excluding hydrogens is 517 g/mol. The van der Waals surface area contributed by atoms with Gasteiger partial charge in [-0.25, -0.2) is 0 Å². The maximum absolute atomic E-state index is 10.7. The van der Waals surface area contributed by atoms with Crippen molar-refractivity contribution in [2.24, 2.45) is 40.4 Å². The summed E-state index contributed by atoms with van der Waals surface area (Å²) in [6.07, 6.45) is 16.7. The lowest BCUT2D eigenvalue weighted by molar-refractivity contribution is -0.129. The molecule has 0 bridgehead atoms. The number of hydrogen-bond donors (Lipinski definition) is 1. The van der Waals surface area contributed by atoms with E-state index in [0.29, 0.717) is 11.5 Å². The third-order valence-electron chi connectivity index (χ3n) is 13.0. The third kappa shape index (κ3) is 4.59. The van der Waals surface area contributed by atoms with Crippen LogP contribution in [0.2, 0.25) is 5.04 Å². The minimum Gasteiger partial charge on any atom is -0.404 e. The van der Waals surface area contributed by atoms with Gasteiger partial charge in [0.15, 0.2) is 0 Å². The Morgan fingerprint density at radius 2 is 1.41 bits per heavy atom. The van der Waals surface area contributed by atoms with Gasteiger partial charge in [0.2, 0.25) is 0 Å². The van der Waals surface area contributed by atoms with Crippen molar-refractivity contribution in [1.29, 1.82) is 0 Å².